The Morgan fingerprint density at radius 2 is 1.69 bits per heavy atom. The second-order valence-corrected chi connectivity index (χ2v) is 9.11. The third kappa shape index (κ3) is 4.90. The summed E-state index contributed by atoms with van der Waals surface area (Å²) in [7, 11) is -3.60. The van der Waals surface area contributed by atoms with E-state index in [0.29, 0.717) is 32.3 Å². The number of carbonyl (C=O) groups is 1. The molecular weight excluding hydrogens is 435 g/mol. The molecule has 3 aromatic carbocycles. The molecule has 0 saturated carbocycles. The summed E-state index contributed by atoms with van der Waals surface area (Å²) in [5.41, 5.74) is 2.06. The molecule has 0 heterocycles. The summed E-state index contributed by atoms with van der Waals surface area (Å²) >= 11 is 12.4. The zero-order valence-electron chi connectivity index (χ0n) is 15.2. The van der Waals surface area contributed by atoms with Crippen LogP contribution in [-0.2, 0) is 14.6 Å². The lowest BCUT2D eigenvalue weighted by Gasteiger charge is -2.15. The number of rotatable bonds is 6. The van der Waals surface area contributed by atoms with E-state index in [2.05, 4.69) is 0 Å². The van der Waals surface area contributed by atoms with Gasteiger partial charge in [-0.1, -0.05) is 53.5 Å². The summed E-state index contributed by atoms with van der Waals surface area (Å²) in [4.78, 5) is 11.0. The first kappa shape index (κ1) is 21.2. The molecule has 0 aromatic heterocycles. The Morgan fingerprint density at radius 1 is 0.966 bits per heavy atom. The molecule has 0 fully saturated rings. The van der Waals surface area contributed by atoms with Gasteiger partial charge in [0, 0.05) is 33.0 Å². The van der Waals surface area contributed by atoms with Gasteiger partial charge in [-0.05, 0) is 35.9 Å². The van der Waals surface area contributed by atoms with E-state index in [-0.39, 0.29) is 10.6 Å². The highest BCUT2D eigenvalue weighted by Crippen LogP contribution is 2.38. The van der Waals surface area contributed by atoms with Crippen LogP contribution in [0.4, 0.5) is 0 Å². The van der Waals surface area contributed by atoms with Crippen LogP contribution in [0.5, 0.6) is 5.75 Å². The van der Waals surface area contributed by atoms with Gasteiger partial charge in [-0.3, -0.25) is 0 Å². The average molecular weight is 451 g/mol. The van der Waals surface area contributed by atoms with E-state index < -0.39 is 22.4 Å². The third-order valence-corrected chi connectivity index (χ3v) is 5.85. The lowest BCUT2D eigenvalue weighted by atomic mass is 9.99. The molecule has 0 amide bonds. The van der Waals surface area contributed by atoms with Crippen LogP contribution in [0.2, 0.25) is 10.0 Å². The number of hydrogen-bond acceptors (Lipinski definition) is 4. The van der Waals surface area contributed by atoms with Crippen molar-refractivity contribution in [2.24, 2.45) is 0 Å². The first-order valence-corrected chi connectivity index (χ1v) is 11.0. The number of benzene rings is 3. The van der Waals surface area contributed by atoms with Crippen LogP contribution in [0.3, 0.4) is 0 Å². The summed E-state index contributed by atoms with van der Waals surface area (Å²) in [5, 5.41) is 9.72. The fourth-order valence-electron chi connectivity index (χ4n) is 2.89. The van der Waals surface area contributed by atoms with Crippen molar-refractivity contribution < 1.29 is 23.1 Å². The summed E-state index contributed by atoms with van der Waals surface area (Å²) in [5.74, 6) is -0.849. The number of carboxylic acid groups (broad SMARTS) is 1. The van der Waals surface area contributed by atoms with E-state index in [1.54, 1.807) is 54.6 Å². The predicted molar refractivity (Wildman–Crippen MR) is 114 cm³/mol. The van der Waals surface area contributed by atoms with Gasteiger partial charge < -0.3 is 9.84 Å². The average Bonchev–Trinajstić information content (AvgIpc) is 2.66. The highest BCUT2D eigenvalue weighted by molar-refractivity contribution is 7.90. The molecule has 0 unspecified atom stereocenters. The molecular formula is C21H16Cl2O5S. The number of hydrogen-bond donors (Lipinski definition) is 1. The minimum atomic E-state index is -3.60. The highest BCUT2D eigenvalue weighted by Gasteiger charge is 2.19. The maximum Gasteiger partial charge on any atom is 0.341 e. The molecule has 0 radical (unpaired) electrons. The predicted octanol–water partition coefficient (Wildman–Crippen LogP) is 5.19. The molecule has 5 nitrogen and oxygen atoms in total. The molecule has 0 aliphatic rings. The minimum absolute atomic E-state index is 0.0901. The lowest BCUT2D eigenvalue weighted by molar-refractivity contribution is -0.139. The third-order valence-electron chi connectivity index (χ3n) is 4.15. The molecule has 0 aliphatic heterocycles. The second-order valence-electron chi connectivity index (χ2n) is 6.29. The van der Waals surface area contributed by atoms with Crippen LogP contribution >= 0.6 is 23.2 Å². The van der Waals surface area contributed by atoms with E-state index in [9.17, 15) is 13.2 Å². The van der Waals surface area contributed by atoms with Crippen molar-refractivity contribution >= 4 is 39.0 Å². The fourth-order valence-corrected chi connectivity index (χ4v) is 4.22. The van der Waals surface area contributed by atoms with Crippen molar-refractivity contribution in [1.29, 1.82) is 0 Å². The number of sulfone groups is 1. The van der Waals surface area contributed by atoms with Crippen LogP contribution in [0.1, 0.15) is 0 Å². The Morgan fingerprint density at radius 3 is 2.34 bits per heavy atom. The maximum atomic E-state index is 12.5. The quantitative estimate of drug-likeness (QED) is 0.558. The van der Waals surface area contributed by atoms with Gasteiger partial charge in [-0.25, -0.2) is 13.2 Å². The highest BCUT2D eigenvalue weighted by atomic mass is 35.5. The molecule has 29 heavy (non-hydrogen) atoms. The van der Waals surface area contributed by atoms with Gasteiger partial charge in [-0.2, -0.15) is 0 Å². The largest absolute Gasteiger partial charge is 0.481 e. The van der Waals surface area contributed by atoms with Crippen LogP contribution in [0.15, 0.2) is 65.6 Å². The summed E-state index contributed by atoms with van der Waals surface area (Å²) in [6, 6.07) is 16.6. The van der Waals surface area contributed by atoms with Gasteiger partial charge in [-0.15, -0.1) is 0 Å². The van der Waals surface area contributed by atoms with Gasteiger partial charge >= 0.3 is 5.97 Å². The van der Waals surface area contributed by atoms with E-state index in [0.717, 1.165) is 6.26 Å². The smallest absolute Gasteiger partial charge is 0.341 e. The van der Waals surface area contributed by atoms with Gasteiger partial charge in [0.15, 0.2) is 16.4 Å². The molecule has 3 rings (SSSR count). The maximum absolute atomic E-state index is 12.5. The van der Waals surface area contributed by atoms with E-state index in [1.807, 2.05) is 0 Å². The van der Waals surface area contributed by atoms with E-state index >= 15 is 0 Å². The molecule has 1 N–H and O–H groups in total. The molecule has 0 saturated heterocycles. The molecule has 8 heteroatoms. The molecule has 0 aliphatic carbocycles. The summed E-state index contributed by atoms with van der Waals surface area (Å²) < 4.78 is 30.4. The Bertz CT molecular complexity index is 1190. The standard InChI is InChI=1S/C21H16Cl2O5S/c1-29(26,27)20-10-13(6-8-16(20)15-4-2-3-5-18(15)23)17-11-14(22)7-9-19(17)28-12-21(24)25/h2-11H,12H2,1H3,(H,24,25). The number of ether oxygens (including phenoxy) is 1. The Hall–Kier alpha value is -2.54. The van der Waals surface area contributed by atoms with Crippen molar-refractivity contribution in [3.05, 3.63) is 70.7 Å². The first-order valence-electron chi connectivity index (χ1n) is 8.40. The van der Waals surface area contributed by atoms with Crippen LogP contribution < -0.4 is 4.74 Å². The molecule has 0 atom stereocenters. The molecule has 0 bridgehead atoms. The fraction of sp³-hybridized carbons (Fsp3) is 0.0952. The summed E-state index contributed by atoms with van der Waals surface area (Å²) in [6.07, 6.45) is 1.12. The van der Waals surface area contributed by atoms with E-state index in [4.69, 9.17) is 33.0 Å². The number of aliphatic carboxylic acids is 1. The second kappa shape index (κ2) is 8.45. The number of halogens is 2. The molecule has 3 aromatic rings. The topological polar surface area (TPSA) is 80.7 Å². The SMILES string of the molecule is CS(=O)(=O)c1cc(-c2cc(Cl)ccc2OCC(=O)O)ccc1-c1ccccc1Cl. The van der Waals surface area contributed by atoms with Gasteiger partial charge in [0.25, 0.3) is 0 Å². The van der Waals surface area contributed by atoms with Crippen molar-refractivity contribution in [2.75, 3.05) is 12.9 Å². The number of carboxylic acids is 1. The first-order chi connectivity index (χ1) is 13.7. The molecule has 150 valence electrons. The lowest BCUT2D eigenvalue weighted by Crippen LogP contribution is -2.10. The van der Waals surface area contributed by atoms with Crippen molar-refractivity contribution in [1.82, 2.24) is 0 Å². The normalized spacial score (nSPS) is 11.3. The van der Waals surface area contributed by atoms with Gasteiger partial charge in [0.05, 0.1) is 4.90 Å². The Balaban J connectivity index is 2.20. The van der Waals surface area contributed by atoms with Crippen molar-refractivity contribution in [2.45, 2.75) is 4.90 Å². The van der Waals surface area contributed by atoms with Crippen molar-refractivity contribution in [3.63, 3.8) is 0 Å². The molecule has 0 spiro atoms. The van der Waals surface area contributed by atoms with E-state index in [1.165, 1.54) is 6.07 Å². The summed E-state index contributed by atoms with van der Waals surface area (Å²) in [6.45, 7) is -0.536. The monoisotopic (exact) mass is 450 g/mol. The van der Waals surface area contributed by atoms with Crippen LogP contribution in [0.25, 0.3) is 22.3 Å². The van der Waals surface area contributed by atoms with Crippen LogP contribution in [-0.4, -0.2) is 32.4 Å². The van der Waals surface area contributed by atoms with Crippen LogP contribution in [0, 0.1) is 0 Å². The zero-order valence-corrected chi connectivity index (χ0v) is 17.6. The minimum Gasteiger partial charge on any atom is -0.481 e. The Kier molecular flexibility index (Phi) is 6.17. The van der Waals surface area contributed by atoms with Crippen molar-refractivity contribution in [3.8, 4) is 28.0 Å². The Labute approximate surface area is 178 Å². The van der Waals surface area contributed by atoms with Gasteiger partial charge in [0.2, 0.25) is 0 Å². The zero-order chi connectivity index (χ0) is 21.2. The van der Waals surface area contributed by atoms with Gasteiger partial charge in [0.1, 0.15) is 5.75 Å².